The van der Waals surface area contributed by atoms with E-state index in [1.54, 1.807) is 12.1 Å². The number of rotatable bonds is 6. The molecule has 3 heterocycles. The van der Waals surface area contributed by atoms with Gasteiger partial charge < -0.3 is 53.8 Å². The van der Waals surface area contributed by atoms with Gasteiger partial charge in [-0.15, -0.1) is 0 Å². The van der Waals surface area contributed by atoms with Crippen LogP contribution in [-0.2, 0) is 22.7 Å². The third-order valence-electron chi connectivity index (χ3n) is 4.76. The molecule has 20 heteroatoms. The zero-order chi connectivity index (χ0) is 25.4. The number of aliphatic hydroxyl groups is 2. The number of nitrogens with zero attached hydrogens (tertiary/aromatic N) is 4. The van der Waals surface area contributed by atoms with Crippen molar-refractivity contribution in [2.45, 2.75) is 24.5 Å². The first-order valence-corrected chi connectivity index (χ1v) is 12.8. The van der Waals surface area contributed by atoms with Gasteiger partial charge in [-0.3, -0.25) is 9.09 Å². The minimum absolute atomic E-state index is 0. The topological polar surface area (TPSA) is 338 Å². The first kappa shape index (κ1) is 33.2. The first-order chi connectivity index (χ1) is 16.4. The molecule has 1 aliphatic heterocycles. The van der Waals surface area contributed by atoms with Gasteiger partial charge in [0.1, 0.15) is 23.8 Å². The van der Waals surface area contributed by atoms with Gasteiger partial charge in [0, 0.05) is 5.56 Å². The molecule has 3 aromatic rings. The van der Waals surface area contributed by atoms with Gasteiger partial charge >= 0.3 is 15.6 Å². The zero-order valence-electron chi connectivity index (χ0n) is 19.6. The van der Waals surface area contributed by atoms with Crippen LogP contribution in [0.5, 0.6) is 0 Å². The number of hydrogen-bond donors (Lipinski definition) is 9. The van der Waals surface area contributed by atoms with Crippen molar-refractivity contribution in [1.82, 2.24) is 38.0 Å². The van der Waals surface area contributed by atoms with Crippen LogP contribution in [0.2, 0.25) is 0 Å². The van der Waals surface area contributed by atoms with Crippen molar-refractivity contribution in [3.8, 4) is 11.8 Å². The molecule has 1 saturated heterocycles. The van der Waals surface area contributed by atoms with E-state index in [9.17, 15) is 24.2 Å². The minimum Gasteiger partial charge on any atom is -0.387 e. The Morgan fingerprint density at radius 3 is 2.32 bits per heavy atom. The molecule has 0 spiro atoms. The van der Waals surface area contributed by atoms with Crippen molar-refractivity contribution in [3.63, 3.8) is 0 Å². The van der Waals surface area contributed by atoms with E-state index >= 15 is 0 Å². The van der Waals surface area contributed by atoms with Crippen molar-refractivity contribution in [2.75, 3.05) is 12.3 Å². The molecule has 1 aliphatic rings. The summed E-state index contributed by atoms with van der Waals surface area (Å²) in [7, 11) is -10.5. The first-order valence-electron chi connectivity index (χ1n) is 9.76. The number of ether oxygens (including phenoxy) is 1. The zero-order valence-corrected chi connectivity index (χ0v) is 21.4. The molecule has 1 aromatic carbocycles. The number of phosphoric ester groups is 1. The lowest BCUT2D eigenvalue weighted by Gasteiger charge is -2.17. The Hall–Kier alpha value is -2.85. The molecule has 1 unspecified atom stereocenters. The lowest BCUT2D eigenvalue weighted by molar-refractivity contribution is -0.0503. The van der Waals surface area contributed by atoms with E-state index < -0.39 is 46.8 Å². The van der Waals surface area contributed by atoms with Crippen LogP contribution in [0.3, 0.4) is 0 Å². The summed E-state index contributed by atoms with van der Waals surface area (Å²) >= 11 is 0. The van der Waals surface area contributed by atoms with Crippen molar-refractivity contribution >= 4 is 32.6 Å². The van der Waals surface area contributed by atoms with Crippen LogP contribution >= 0.6 is 15.6 Å². The number of phosphoric acid groups is 2. The highest BCUT2D eigenvalue weighted by atomic mass is 31.3. The largest absolute Gasteiger partial charge is 0.481 e. The van der Waals surface area contributed by atoms with E-state index in [1.807, 2.05) is 18.2 Å². The van der Waals surface area contributed by atoms with E-state index in [-0.39, 0.29) is 41.3 Å². The number of imidazole rings is 1. The number of fused-ring (bicyclic) bond motifs is 1. The van der Waals surface area contributed by atoms with E-state index in [4.69, 9.17) is 20.3 Å². The van der Waals surface area contributed by atoms with Crippen LogP contribution in [0.4, 0.5) is 5.82 Å². The van der Waals surface area contributed by atoms with Crippen molar-refractivity contribution < 1.29 is 47.6 Å². The monoisotopic (exact) mass is 578 g/mol. The molecule has 16 N–H and O–H groups in total. The summed E-state index contributed by atoms with van der Waals surface area (Å²) in [6.07, 6.45) is -4.62. The van der Waals surface area contributed by atoms with Crippen molar-refractivity contribution in [2.24, 2.45) is 0 Å². The van der Waals surface area contributed by atoms with Gasteiger partial charge in [0.25, 0.3) is 0 Å². The number of aliphatic hydroxyl groups excluding tert-OH is 2. The predicted molar refractivity (Wildman–Crippen MR) is 132 cm³/mol. The fraction of sp³-hybridized carbons (Fsp3) is 0.278. The highest BCUT2D eigenvalue weighted by Gasteiger charge is 2.46. The summed E-state index contributed by atoms with van der Waals surface area (Å²) in [5, 5.41) is 20.8. The molecule has 1 fully saturated rings. The average molecular weight is 578 g/mol. The Bertz CT molecular complexity index is 1390. The summed E-state index contributed by atoms with van der Waals surface area (Å²) in [5.41, 5.74) is 6.99. The molecule has 0 bridgehead atoms. The quantitative estimate of drug-likeness (QED) is 0.139. The van der Waals surface area contributed by atoms with Crippen LogP contribution in [0.1, 0.15) is 17.6 Å². The van der Waals surface area contributed by atoms with Crippen LogP contribution in [0, 0.1) is 11.8 Å². The average Bonchev–Trinajstić information content (AvgIpc) is 3.31. The molecule has 2 aromatic heterocycles. The third-order valence-corrected chi connectivity index (χ3v) is 6.92. The second kappa shape index (κ2) is 12.8. The fourth-order valence-electron chi connectivity index (χ4n) is 3.25. The summed E-state index contributed by atoms with van der Waals surface area (Å²) < 4.78 is 37.4. The molecule has 38 heavy (non-hydrogen) atoms. The lowest BCUT2D eigenvalue weighted by Crippen LogP contribution is -2.33. The van der Waals surface area contributed by atoms with E-state index in [1.165, 1.54) is 10.9 Å². The summed E-state index contributed by atoms with van der Waals surface area (Å²) in [6.45, 7) is -0.847. The SMILES string of the molecule is N.N.N.Nc1nc(C#Cc2ccccc2)nc2c1ncn2[C@@H]1O[C@H](COP(=O)(O)OP(=O)(O)O)[C@@H](O)[C@H]1O. The van der Waals surface area contributed by atoms with Gasteiger partial charge in [0.15, 0.2) is 17.7 Å². The maximum Gasteiger partial charge on any atom is 0.481 e. The number of hydrogen-bond acceptors (Lipinski definition) is 14. The van der Waals surface area contributed by atoms with Crippen LogP contribution in [0.25, 0.3) is 11.2 Å². The summed E-state index contributed by atoms with van der Waals surface area (Å²) in [5.74, 6) is 5.74. The van der Waals surface area contributed by atoms with Gasteiger partial charge in [-0.25, -0.2) is 24.1 Å². The smallest absolute Gasteiger partial charge is 0.387 e. The molecule has 0 aliphatic carbocycles. The number of benzene rings is 1. The maximum atomic E-state index is 11.7. The Morgan fingerprint density at radius 2 is 1.68 bits per heavy atom. The molecule has 0 saturated carbocycles. The molecular weight excluding hydrogens is 550 g/mol. The Morgan fingerprint density at radius 1 is 1.03 bits per heavy atom. The Balaban J connectivity index is 0.00000241. The van der Waals surface area contributed by atoms with E-state index in [0.29, 0.717) is 5.56 Å². The van der Waals surface area contributed by atoms with Crippen molar-refractivity contribution in [3.05, 3.63) is 48.0 Å². The molecular formula is C18H28N8O10P2. The number of nitrogen functional groups attached to an aromatic ring is 1. The van der Waals surface area contributed by atoms with Gasteiger partial charge in [-0.1, -0.05) is 24.1 Å². The van der Waals surface area contributed by atoms with Crippen LogP contribution < -0.4 is 24.2 Å². The fourth-order valence-corrected chi connectivity index (χ4v) is 4.85. The maximum absolute atomic E-state index is 11.7. The normalized spacial score (nSPS) is 22.2. The molecule has 210 valence electrons. The highest BCUT2D eigenvalue weighted by Crippen LogP contribution is 2.57. The summed E-state index contributed by atoms with van der Waals surface area (Å²) in [6, 6.07) is 9.06. The van der Waals surface area contributed by atoms with Crippen LogP contribution in [-0.4, -0.2) is 69.3 Å². The van der Waals surface area contributed by atoms with Gasteiger partial charge in [0.05, 0.1) is 12.9 Å². The summed E-state index contributed by atoms with van der Waals surface area (Å²) in [4.78, 5) is 39.3. The van der Waals surface area contributed by atoms with E-state index in [0.717, 1.165) is 0 Å². The number of anilines is 1. The van der Waals surface area contributed by atoms with Gasteiger partial charge in [0.2, 0.25) is 5.82 Å². The number of aromatic nitrogens is 4. The molecule has 18 nitrogen and oxygen atoms in total. The molecule has 5 atom stereocenters. The highest BCUT2D eigenvalue weighted by molar-refractivity contribution is 7.60. The molecule has 4 rings (SSSR count). The number of nitrogens with two attached hydrogens (primary N) is 1. The Labute approximate surface area is 215 Å². The lowest BCUT2D eigenvalue weighted by atomic mass is 10.1. The van der Waals surface area contributed by atoms with Gasteiger partial charge in [-0.2, -0.15) is 4.31 Å². The van der Waals surface area contributed by atoms with Crippen LogP contribution in [0.15, 0.2) is 36.7 Å². The van der Waals surface area contributed by atoms with E-state index in [2.05, 4.69) is 35.6 Å². The van der Waals surface area contributed by atoms with Crippen molar-refractivity contribution in [1.29, 1.82) is 0 Å². The predicted octanol–water partition coefficient (Wildman–Crippen LogP) is 0.140. The minimum atomic E-state index is -5.33. The molecule has 0 amide bonds. The second-order valence-corrected chi connectivity index (χ2v) is 10.1. The third kappa shape index (κ3) is 7.60. The standard InChI is InChI=1S/C18H19N5O10P2.3H3N/c19-16-13-17(22-12(21-16)7-6-10-4-2-1-3-5-10)23(9-20-13)18-15(25)14(24)11(32-18)8-31-35(29,30)33-34(26,27)28;;;/h1-5,9,11,14-15,18,24-25H,8H2,(H,29,30)(H2,19,21,22)(H2,26,27,28);3*1H3/t11-,14-,15-,18-;;;/m1.../s1. The molecule has 0 radical (unpaired) electrons. The Kier molecular flexibility index (Phi) is 11.2. The second-order valence-electron chi connectivity index (χ2n) is 7.26. The van der Waals surface area contributed by atoms with Gasteiger partial charge in [-0.05, 0) is 18.1 Å².